The van der Waals surface area contributed by atoms with Crippen molar-refractivity contribution >= 4 is 0 Å². The van der Waals surface area contributed by atoms with E-state index in [0.717, 1.165) is 12.8 Å². The lowest BCUT2D eigenvalue weighted by Gasteiger charge is -2.11. The second-order valence-corrected chi connectivity index (χ2v) is 10.4. The maximum atomic E-state index is 13.8. The number of halogens is 5. The lowest BCUT2D eigenvalue weighted by atomic mass is 10.0. The average Bonchev–Trinajstić information content (AvgIpc) is 2.89. The summed E-state index contributed by atoms with van der Waals surface area (Å²) in [5, 5.41) is 0. The van der Waals surface area contributed by atoms with Crippen LogP contribution in [0.1, 0.15) is 128 Å². The van der Waals surface area contributed by atoms with Crippen LogP contribution < -0.4 is 4.74 Å². The summed E-state index contributed by atoms with van der Waals surface area (Å²) < 4.78 is 71.4. The van der Waals surface area contributed by atoms with Crippen molar-refractivity contribution in [3.8, 4) is 17.1 Å². The molecular formula is C31H45F5N2O. The number of ether oxygens (including phenoxy) is 1. The molecule has 0 unspecified atom stereocenters. The van der Waals surface area contributed by atoms with Gasteiger partial charge in [-0.2, -0.15) is 13.2 Å². The summed E-state index contributed by atoms with van der Waals surface area (Å²) in [5.41, 5.74) is -2.09. The monoisotopic (exact) mass is 556 g/mol. The molecule has 0 bridgehead atoms. The Morgan fingerprint density at radius 2 is 1.00 bits per heavy atom. The fourth-order valence-corrected chi connectivity index (χ4v) is 4.71. The maximum Gasteiger partial charge on any atom is 0.422 e. The summed E-state index contributed by atoms with van der Waals surface area (Å²) in [6.45, 7) is 2.77. The SMILES string of the molecule is CCCCCCCCCCCCCCCCCCCCOc1cnc(-c2cc(F)c(C(F)(F)F)c(F)c2)nc1. The van der Waals surface area contributed by atoms with E-state index in [1.165, 1.54) is 115 Å². The zero-order valence-corrected chi connectivity index (χ0v) is 23.4. The maximum absolute atomic E-state index is 13.8. The fourth-order valence-electron chi connectivity index (χ4n) is 4.71. The summed E-state index contributed by atoms with van der Waals surface area (Å²) in [5.74, 6) is -3.08. The number of unbranched alkanes of at least 4 members (excludes halogenated alkanes) is 17. The van der Waals surface area contributed by atoms with Gasteiger partial charge in [0.2, 0.25) is 0 Å². The fraction of sp³-hybridized carbons (Fsp3) is 0.677. The molecule has 0 radical (unpaired) electrons. The normalized spacial score (nSPS) is 11.7. The first-order valence-corrected chi connectivity index (χ1v) is 14.8. The molecule has 0 spiro atoms. The van der Waals surface area contributed by atoms with Crippen molar-refractivity contribution in [3.63, 3.8) is 0 Å². The molecule has 2 rings (SSSR count). The van der Waals surface area contributed by atoms with Gasteiger partial charge in [0.25, 0.3) is 0 Å². The molecule has 220 valence electrons. The van der Waals surface area contributed by atoms with Crippen molar-refractivity contribution in [2.75, 3.05) is 6.61 Å². The van der Waals surface area contributed by atoms with Gasteiger partial charge in [-0.3, -0.25) is 0 Å². The molecule has 1 heterocycles. The van der Waals surface area contributed by atoms with Crippen LogP contribution in [-0.4, -0.2) is 16.6 Å². The summed E-state index contributed by atoms with van der Waals surface area (Å²) >= 11 is 0. The number of rotatable bonds is 21. The van der Waals surface area contributed by atoms with E-state index in [1.807, 2.05) is 0 Å². The molecule has 2 aromatic rings. The Bertz CT molecular complexity index is 895. The number of aromatic nitrogens is 2. The highest BCUT2D eigenvalue weighted by molar-refractivity contribution is 5.56. The molecule has 0 fully saturated rings. The van der Waals surface area contributed by atoms with Gasteiger partial charge in [-0.15, -0.1) is 0 Å². The minimum atomic E-state index is -5.11. The number of hydrogen-bond donors (Lipinski definition) is 0. The van der Waals surface area contributed by atoms with Crippen LogP contribution in [0.15, 0.2) is 24.5 Å². The van der Waals surface area contributed by atoms with Crippen LogP contribution in [0.5, 0.6) is 5.75 Å². The van der Waals surface area contributed by atoms with E-state index in [1.54, 1.807) is 0 Å². The topological polar surface area (TPSA) is 35.0 Å². The van der Waals surface area contributed by atoms with Gasteiger partial charge < -0.3 is 4.74 Å². The molecule has 3 nitrogen and oxygen atoms in total. The van der Waals surface area contributed by atoms with Gasteiger partial charge in [-0.1, -0.05) is 116 Å². The highest BCUT2D eigenvalue weighted by Gasteiger charge is 2.38. The van der Waals surface area contributed by atoms with Crippen LogP contribution in [0.25, 0.3) is 11.4 Å². The van der Waals surface area contributed by atoms with Crippen molar-refractivity contribution in [2.45, 2.75) is 129 Å². The summed E-state index contributed by atoms with van der Waals surface area (Å²) in [6.07, 6.45) is 21.1. The third-order valence-electron chi connectivity index (χ3n) is 6.98. The first-order chi connectivity index (χ1) is 18.8. The molecule has 0 saturated heterocycles. The summed E-state index contributed by atoms with van der Waals surface area (Å²) in [7, 11) is 0. The lowest BCUT2D eigenvalue weighted by Crippen LogP contribution is -2.11. The Labute approximate surface area is 231 Å². The molecule has 0 aliphatic rings. The molecule has 8 heteroatoms. The number of hydrogen-bond acceptors (Lipinski definition) is 3. The molecule has 0 aliphatic carbocycles. The van der Waals surface area contributed by atoms with Gasteiger partial charge >= 0.3 is 6.18 Å². The van der Waals surface area contributed by atoms with Crippen LogP contribution in [0.3, 0.4) is 0 Å². The van der Waals surface area contributed by atoms with Crippen molar-refractivity contribution < 1.29 is 26.7 Å². The van der Waals surface area contributed by atoms with Crippen LogP contribution in [0, 0.1) is 11.6 Å². The van der Waals surface area contributed by atoms with Gasteiger partial charge in [0.05, 0.1) is 19.0 Å². The minimum absolute atomic E-state index is 0.0814. The highest BCUT2D eigenvalue weighted by Crippen LogP contribution is 2.35. The number of alkyl halides is 3. The van der Waals surface area contributed by atoms with Crippen LogP contribution >= 0.6 is 0 Å². The second-order valence-electron chi connectivity index (χ2n) is 10.4. The molecular weight excluding hydrogens is 511 g/mol. The Kier molecular flexibility index (Phi) is 16.0. The van der Waals surface area contributed by atoms with Crippen molar-refractivity contribution in [1.82, 2.24) is 9.97 Å². The Hall–Kier alpha value is -2.25. The highest BCUT2D eigenvalue weighted by atomic mass is 19.4. The lowest BCUT2D eigenvalue weighted by molar-refractivity contribution is -0.142. The zero-order chi connectivity index (χ0) is 28.3. The first-order valence-electron chi connectivity index (χ1n) is 14.8. The predicted molar refractivity (Wildman–Crippen MR) is 147 cm³/mol. The summed E-state index contributed by atoms with van der Waals surface area (Å²) in [6, 6.07) is 1.17. The van der Waals surface area contributed by atoms with E-state index in [0.29, 0.717) is 24.5 Å². The first kappa shape index (κ1) is 33.0. The molecule has 0 N–H and O–H groups in total. The molecule has 0 atom stereocenters. The summed E-state index contributed by atoms with van der Waals surface area (Å²) in [4.78, 5) is 7.95. The molecule has 1 aromatic carbocycles. The van der Waals surface area contributed by atoms with E-state index in [9.17, 15) is 22.0 Å². The van der Waals surface area contributed by atoms with Gasteiger partial charge in [0.15, 0.2) is 11.6 Å². The average molecular weight is 557 g/mol. The van der Waals surface area contributed by atoms with Crippen LogP contribution in [0.2, 0.25) is 0 Å². The zero-order valence-electron chi connectivity index (χ0n) is 23.4. The van der Waals surface area contributed by atoms with E-state index in [2.05, 4.69) is 16.9 Å². The quantitative estimate of drug-likeness (QED) is 0.113. The molecule has 0 aliphatic heterocycles. The van der Waals surface area contributed by atoms with Crippen LogP contribution in [-0.2, 0) is 6.18 Å². The Morgan fingerprint density at radius 1 is 0.615 bits per heavy atom. The van der Waals surface area contributed by atoms with Gasteiger partial charge in [0.1, 0.15) is 17.2 Å². The standard InChI is InChI=1S/C31H45F5N2O/c1-2-3-4-5-6-7-8-9-10-11-12-13-14-15-16-17-18-19-20-39-26-23-37-30(38-24-26)25-21-27(32)29(28(33)22-25)31(34,35)36/h21-24H,2-20H2,1H3. The molecule has 0 saturated carbocycles. The Morgan fingerprint density at radius 3 is 1.38 bits per heavy atom. The smallest absolute Gasteiger partial charge is 0.422 e. The minimum Gasteiger partial charge on any atom is -0.490 e. The van der Waals surface area contributed by atoms with Crippen LogP contribution in [0.4, 0.5) is 22.0 Å². The second kappa shape index (κ2) is 18.9. The van der Waals surface area contributed by atoms with Crippen molar-refractivity contribution in [1.29, 1.82) is 0 Å². The number of nitrogens with zero attached hydrogens (tertiary/aromatic N) is 2. The van der Waals surface area contributed by atoms with E-state index in [-0.39, 0.29) is 11.4 Å². The van der Waals surface area contributed by atoms with E-state index >= 15 is 0 Å². The molecule has 0 amide bonds. The van der Waals surface area contributed by atoms with Gasteiger partial charge in [-0.05, 0) is 18.6 Å². The molecule has 39 heavy (non-hydrogen) atoms. The van der Waals surface area contributed by atoms with Gasteiger partial charge in [-0.25, -0.2) is 18.7 Å². The predicted octanol–water partition coefficient (Wildman–Crippen LogP) is 10.9. The molecule has 1 aromatic heterocycles. The largest absolute Gasteiger partial charge is 0.490 e. The Balaban J connectivity index is 1.47. The van der Waals surface area contributed by atoms with Gasteiger partial charge in [0, 0.05) is 5.56 Å². The third-order valence-corrected chi connectivity index (χ3v) is 6.98. The third kappa shape index (κ3) is 13.6. The van der Waals surface area contributed by atoms with E-state index in [4.69, 9.17) is 4.74 Å². The van der Waals surface area contributed by atoms with Crippen molar-refractivity contribution in [2.24, 2.45) is 0 Å². The number of benzene rings is 1. The van der Waals surface area contributed by atoms with Crippen molar-refractivity contribution in [3.05, 3.63) is 41.7 Å². The van der Waals surface area contributed by atoms with E-state index < -0.39 is 23.4 Å².